The molecule has 1 aliphatic carbocycles. The summed E-state index contributed by atoms with van der Waals surface area (Å²) in [5.74, 6) is 0.543. The van der Waals surface area contributed by atoms with E-state index >= 15 is 0 Å². The Hall–Kier alpha value is -1.37. The second-order valence-corrected chi connectivity index (χ2v) is 6.47. The summed E-state index contributed by atoms with van der Waals surface area (Å²) in [5, 5.41) is 13.3. The molecule has 0 amide bonds. The monoisotopic (exact) mass is 283 g/mol. The number of nitriles is 1. The first-order chi connectivity index (χ1) is 10.3. The highest BCUT2D eigenvalue weighted by Gasteiger charge is 2.46. The van der Waals surface area contributed by atoms with Crippen LogP contribution in [0.2, 0.25) is 0 Å². The Labute approximate surface area is 128 Å². The van der Waals surface area contributed by atoms with E-state index in [0.29, 0.717) is 5.92 Å². The van der Waals surface area contributed by atoms with Crippen molar-refractivity contribution >= 4 is 0 Å². The molecule has 1 aliphatic heterocycles. The number of rotatable bonds is 5. The van der Waals surface area contributed by atoms with Crippen molar-refractivity contribution < 1.29 is 0 Å². The molecule has 1 unspecified atom stereocenters. The SMILES string of the molecule is CCNC(C#N)(CN1CCCc2ccccc2C1)C1CC1. The molecule has 3 rings (SSSR count). The molecule has 1 heterocycles. The molecule has 0 spiro atoms. The summed E-state index contributed by atoms with van der Waals surface area (Å²) in [5.41, 5.74) is 2.58. The maximum Gasteiger partial charge on any atom is 0.122 e. The van der Waals surface area contributed by atoms with Crippen molar-refractivity contribution in [1.82, 2.24) is 10.2 Å². The molecular formula is C18H25N3. The first-order valence-corrected chi connectivity index (χ1v) is 8.23. The van der Waals surface area contributed by atoms with Crippen molar-refractivity contribution in [3.8, 4) is 6.07 Å². The van der Waals surface area contributed by atoms with Crippen LogP contribution >= 0.6 is 0 Å². The van der Waals surface area contributed by atoms with Crippen molar-refractivity contribution in [2.24, 2.45) is 5.92 Å². The van der Waals surface area contributed by atoms with E-state index in [-0.39, 0.29) is 5.54 Å². The summed E-state index contributed by atoms with van der Waals surface area (Å²) in [7, 11) is 0. The molecule has 1 aromatic carbocycles. The summed E-state index contributed by atoms with van der Waals surface area (Å²) in [4.78, 5) is 2.48. The van der Waals surface area contributed by atoms with E-state index in [1.54, 1.807) is 0 Å². The van der Waals surface area contributed by atoms with Crippen LogP contribution in [-0.2, 0) is 13.0 Å². The molecule has 0 bridgehead atoms. The second kappa shape index (κ2) is 6.17. The predicted octanol–water partition coefficient (Wildman–Crippen LogP) is 2.72. The van der Waals surface area contributed by atoms with Crippen molar-refractivity contribution in [3.05, 3.63) is 35.4 Å². The average molecular weight is 283 g/mol. The fourth-order valence-corrected chi connectivity index (χ4v) is 3.64. The highest BCUT2D eigenvalue weighted by molar-refractivity contribution is 5.28. The largest absolute Gasteiger partial charge is 0.298 e. The van der Waals surface area contributed by atoms with E-state index < -0.39 is 0 Å². The number of nitrogens with zero attached hydrogens (tertiary/aromatic N) is 2. The van der Waals surface area contributed by atoms with Gasteiger partial charge in [-0.1, -0.05) is 31.2 Å². The summed E-state index contributed by atoms with van der Waals surface area (Å²) in [6.45, 7) is 5.91. The molecule has 3 nitrogen and oxygen atoms in total. The predicted molar refractivity (Wildman–Crippen MR) is 84.8 cm³/mol. The fourth-order valence-electron chi connectivity index (χ4n) is 3.64. The van der Waals surface area contributed by atoms with Gasteiger partial charge in [-0.3, -0.25) is 10.2 Å². The zero-order valence-electron chi connectivity index (χ0n) is 12.9. The van der Waals surface area contributed by atoms with Crippen LogP contribution in [0.1, 0.15) is 37.3 Å². The molecular weight excluding hydrogens is 258 g/mol. The summed E-state index contributed by atoms with van der Waals surface area (Å²) in [6, 6.07) is 11.4. The number of benzene rings is 1. The number of likely N-dealkylation sites (N-methyl/N-ethyl adjacent to an activating group) is 1. The van der Waals surface area contributed by atoms with Gasteiger partial charge in [0, 0.05) is 13.1 Å². The molecule has 1 fully saturated rings. The van der Waals surface area contributed by atoms with Crippen LogP contribution in [0, 0.1) is 17.2 Å². The van der Waals surface area contributed by atoms with E-state index in [1.807, 2.05) is 0 Å². The van der Waals surface area contributed by atoms with Gasteiger partial charge in [0.15, 0.2) is 0 Å². The molecule has 112 valence electrons. The molecule has 0 aromatic heterocycles. The van der Waals surface area contributed by atoms with Gasteiger partial charge in [0.1, 0.15) is 5.54 Å². The van der Waals surface area contributed by atoms with Crippen LogP contribution < -0.4 is 5.32 Å². The molecule has 1 atom stereocenters. The van der Waals surface area contributed by atoms with E-state index in [2.05, 4.69) is 47.5 Å². The summed E-state index contributed by atoms with van der Waals surface area (Å²) < 4.78 is 0. The van der Waals surface area contributed by atoms with E-state index in [0.717, 1.165) is 32.6 Å². The van der Waals surface area contributed by atoms with Crippen LogP contribution in [0.15, 0.2) is 24.3 Å². The van der Waals surface area contributed by atoms with E-state index in [1.165, 1.54) is 30.4 Å². The lowest BCUT2D eigenvalue weighted by atomic mass is 9.93. The zero-order chi connectivity index (χ0) is 14.7. The zero-order valence-corrected chi connectivity index (χ0v) is 12.9. The van der Waals surface area contributed by atoms with Crippen LogP contribution in [0.4, 0.5) is 0 Å². The van der Waals surface area contributed by atoms with Gasteiger partial charge < -0.3 is 0 Å². The molecule has 0 saturated heterocycles. The highest BCUT2D eigenvalue weighted by Crippen LogP contribution is 2.40. The average Bonchev–Trinajstić information content (AvgIpc) is 3.33. The van der Waals surface area contributed by atoms with Crippen molar-refractivity contribution in [2.45, 2.75) is 44.7 Å². The van der Waals surface area contributed by atoms with Crippen LogP contribution in [0.25, 0.3) is 0 Å². The molecule has 1 saturated carbocycles. The van der Waals surface area contributed by atoms with E-state index in [4.69, 9.17) is 0 Å². The maximum absolute atomic E-state index is 9.78. The van der Waals surface area contributed by atoms with Crippen molar-refractivity contribution in [1.29, 1.82) is 5.26 Å². The lowest BCUT2D eigenvalue weighted by Gasteiger charge is -2.33. The maximum atomic E-state index is 9.78. The first kappa shape index (κ1) is 14.6. The first-order valence-electron chi connectivity index (χ1n) is 8.23. The number of hydrogen-bond acceptors (Lipinski definition) is 3. The van der Waals surface area contributed by atoms with Gasteiger partial charge in [-0.15, -0.1) is 0 Å². The second-order valence-electron chi connectivity index (χ2n) is 6.47. The minimum atomic E-state index is -0.339. The third-order valence-corrected chi connectivity index (χ3v) is 4.87. The molecule has 3 heteroatoms. The van der Waals surface area contributed by atoms with Gasteiger partial charge in [-0.2, -0.15) is 5.26 Å². The van der Waals surface area contributed by atoms with Gasteiger partial charge in [0.2, 0.25) is 0 Å². The Balaban J connectivity index is 1.76. The smallest absolute Gasteiger partial charge is 0.122 e. The minimum absolute atomic E-state index is 0.339. The number of aryl methyl sites for hydroxylation is 1. The van der Waals surface area contributed by atoms with Gasteiger partial charge in [-0.05, 0) is 55.8 Å². The van der Waals surface area contributed by atoms with Gasteiger partial charge in [0.25, 0.3) is 0 Å². The van der Waals surface area contributed by atoms with Crippen LogP contribution in [-0.4, -0.2) is 30.1 Å². The van der Waals surface area contributed by atoms with Crippen molar-refractivity contribution in [3.63, 3.8) is 0 Å². The Kier molecular flexibility index (Phi) is 4.28. The Morgan fingerprint density at radius 1 is 1.33 bits per heavy atom. The topological polar surface area (TPSA) is 39.1 Å². The summed E-state index contributed by atoms with van der Waals surface area (Å²) in [6.07, 6.45) is 4.75. The lowest BCUT2D eigenvalue weighted by Crippen LogP contribution is -2.54. The third kappa shape index (κ3) is 3.12. The van der Waals surface area contributed by atoms with Gasteiger partial charge >= 0.3 is 0 Å². The van der Waals surface area contributed by atoms with Gasteiger partial charge in [-0.25, -0.2) is 0 Å². The Bertz CT molecular complexity index is 530. The molecule has 1 aromatic rings. The van der Waals surface area contributed by atoms with E-state index in [9.17, 15) is 5.26 Å². The molecule has 2 aliphatic rings. The lowest BCUT2D eigenvalue weighted by molar-refractivity contribution is 0.192. The van der Waals surface area contributed by atoms with Crippen LogP contribution in [0.5, 0.6) is 0 Å². The number of nitrogens with one attached hydrogen (secondary N) is 1. The quantitative estimate of drug-likeness (QED) is 0.903. The summed E-state index contributed by atoms with van der Waals surface area (Å²) >= 11 is 0. The van der Waals surface area contributed by atoms with Crippen molar-refractivity contribution in [2.75, 3.05) is 19.6 Å². The highest BCUT2D eigenvalue weighted by atomic mass is 15.2. The third-order valence-electron chi connectivity index (χ3n) is 4.87. The number of hydrogen-bond donors (Lipinski definition) is 1. The standard InChI is InChI=1S/C18H25N3/c1-2-20-18(13-19,17-9-10-17)14-21-11-5-8-15-6-3-4-7-16(15)12-21/h3-4,6-7,17,20H,2,5,8-12,14H2,1H3. The number of fused-ring (bicyclic) bond motifs is 1. The molecule has 21 heavy (non-hydrogen) atoms. The molecule has 1 N–H and O–H groups in total. The fraction of sp³-hybridized carbons (Fsp3) is 0.611. The molecule has 0 radical (unpaired) electrons. The minimum Gasteiger partial charge on any atom is -0.298 e. The normalized spacial score (nSPS) is 21.9. The van der Waals surface area contributed by atoms with Crippen LogP contribution in [0.3, 0.4) is 0 Å². The van der Waals surface area contributed by atoms with Gasteiger partial charge in [0.05, 0.1) is 6.07 Å². The Morgan fingerprint density at radius 2 is 2.10 bits per heavy atom. The Morgan fingerprint density at radius 3 is 2.76 bits per heavy atom.